The van der Waals surface area contributed by atoms with Crippen molar-refractivity contribution in [2.24, 2.45) is 5.92 Å². The number of piperidine rings is 1. The number of aromatic nitrogens is 5. The van der Waals surface area contributed by atoms with Crippen molar-refractivity contribution in [2.45, 2.75) is 44.9 Å². The van der Waals surface area contributed by atoms with E-state index < -0.39 is 11.9 Å². The molecule has 1 saturated carbocycles. The van der Waals surface area contributed by atoms with Gasteiger partial charge in [-0.15, -0.1) is 5.10 Å². The molecular weight excluding hydrogens is 513 g/mol. The smallest absolute Gasteiger partial charge is 0.243 e. The first-order chi connectivity index (χ1) is 18.3. The fourth-order valence-corrected chi connectivity index (χ4v) is 5.59. The van der Waals surface area contributed by atoms with Gasteiger partial charge < -0.3 is 14.8 Å². The van der Waals surface area contributed by atoms with Crippen LogP contribution in [0, 0.1) is 11.7 Å². The van der Waals surface area contributed by atoms with E-state index in [9.17, 15) is 18.8 Å². The molecule has 1 aliphatic carbocycles. The molecule has 1 aliphatic heterocycles. The first kappa shape index (κ1) is 24.2. The quantitative estimate of drug-likeness (QED) is 0.350. The van der Waals surface area contributed by atoms with Crippen LogP contribution in [0.5, 0.6) is 0 Å². The zero-order valence-electron chi connectivity index (χ0n) is 20.3. The molecule has 194 valence electrons. The molecule has 2 aromatic carbocycles. The Morgan fingerprint density at radius 2 is 2.05 bits per heavy atom. The second-order valence-electron chi connectivity index (χ2n) is 9.76. The molecule has 0 unspecified atom stereocenters. The van der Waals surface area contributed by atoms with Crippen molar-refractivity contribution in [3.8, 4) is 11.4 Å². The maximum Gasteiger partial charge on any atom is 0.243 e. The van der Waals surface area contributed by atoms with Crippen LogP contribution in [0.2, 0.25) is 5.02 Å². The normalized spacial score (nSPS) is 20.0. The number of carbonyl (C=O) groups excluding carboxylic acids is 3. The fraction of sp³-hybridized carbons (Fsp3) is 0.308. The van der Waals surface area contributed by atoms with E-state index in [1.165, 1.54) is 13.0 Å². The Labute approximate surface area is 221 Å². The molecule has 38 heavy (non-hydrogen) atoms. The minimum Gasteiger partial charge on any atom is -0.350 e. The van der Waals surface area contributed by atoms with E-state index in [1.54, 1.807) is 27.8 Å². The van der Waals surface area contributed by atoms with E-state index in [4.69, 9.17) is 11.6 Å². The summed E-state index contributed by atoms with van der Waals surface area (Å²) in [5.74, 6) is -0.502. The third-order valence-corrected chi connectivity index (χ3v) is 7.66. The van der Waals surface area contributed by atoms with E-state index in [0.717, 1.165) is 6.42 Å². The van der Waals surface area contributed by atoms with Gasteiger partial charge in [0.05, 0.1) is 5.02 Å². The molecule has 3 atom stereocenters. The average Bonchev–Trinajstić information content (AvgIpc) is 3.27. The summed E-state index contributed by atoms with van der Waals surface area (Å²) in [5.41, 5.74) is 2.17. The van der Waals surface area contributed by atoms with Crippen molar-refractivity contribution in [3.63, 3.8) is 0 Å². The van der Waals surface area contributed by atoms with Crippen molar-refractivity contribution in [1.29, 1.82) is 0 Å². The number of H-pyrrole nitrogens is 1. The number of Topliss-reactive ketones (excluding diaryl/α,β-unsaturated/α-hetero) is 1. The van der Waals surface area contributed by atoms with Crippen LogP contribution in [0.1, 0.15) is 35.7 Å². The molecule has 10 nitrogen and oxygen atoms in total. The molecule has 2 aromatic heterocycles. The molecule has 6 rings (SSSR count). The Morgan fingerprint density at radius 1 is 1.21 bits per heavy atom. The lowest BCUT2D eigenvalue weighted by Gasteiger charge is -2.27. The topological polar surface area (TPSA) is 126 Å². The van der Waals surface area contributed by atoms with Crippen LogP contribution < -0.4 is 5.32 Å². The Hall–Kier alpha value is -4.12. The van der Waals surface area contributed by atoms with Gasteiger partial charge in [0.15, 0.2) is 11.6 Å². The Bertz CT molecular complexity index is 1590. The summed E-state index contributed by atoms with van der Waals surface area (Å²) >= 11 is 5.85. The average molecular weight is 536 g/mol. The van der Waals surface area contributed by atoms with Gasteiger partial charge in [-0.25, -0.2) is 9.49 Å². The lowest BCUT2D eigenvalue weighted by atomic mass is 10.1. The molecule has 1 saturated heterocycles. The van der Waals surface area contributed by atoms with Crippen LogP contribution in [-0.2, 0) is 22.7 Å². The third-order valence-electron chi connectivity index (χ3n) is 7.37. The van der Waals surface area contributed by atoms with Gasteiger partial charge in [-0.2, -0.15) is 0 Å². The second-order valence-corrected chi connectivity index (χ2v) is 10.2. The van der Waals surface area contributed by atoms with Gasteiger partial charge in [-0.1, -0.05) is 35.9 Å². The number of likely N-dealkylation sites (tertiary alicyclic amines) is 1. The second kappa shape index (κ2) is 9.32. The van der Waals surface area contributed by atoms with Crippen LogP contribution in [0.3, 0.4) is 0 Å². The zero-order valence-corrected chi connectivity index (χ0v) is 21.1. The van der Waals surface area contributed by atoms with Crippen molar-refractivity contribution < 1.29 is 18.8 Å². The Morgan fingerprint density at radius 3 is 2.82 bits per heavy atom. The molecule has 12 heteroatoms. The summed E-state index contributed by atoms with van der Waals surface area (Å²) < 4.78 is 16.0. The lowest BCUT2D eigenvalue weighted by Crippen LogP contribution is -2.48. The zero-order chi connectivity index (χ0) is 26.6. The summed E-state index contributed by atoms with van der Waals surface area (Å²) in [6.45, 7) is 1.41. The molecule has 2 fully saturated rings. The highest BCUT2D eigenvalue weighted by Gasteiger charge is 2.55. The number of nitrogens with zero attached hydrogens (tertiary/aromatic N) is 5. The maximum absolute atomic E-state index is 14.3. The highest BCUT2D eigenvalue weighted by molar-refractivity contribution is 6.30. The van der Waals surface area contributed by atoms with Crippen LogP contribution in [-0.4, -0.2) is 59.8 Å². The number of fused-ring (bicyclic) bond motifs is 2. The number of carbonyl (C=O) groups is 3. The van der Waals surface area contributed by atoms with E-state index in [-0.39, 0.29) is 53.2 Å². The number of hydrogen-bond acceptors (Lipinski definition) is 6. The molecule has 2 N–H and O–H groups in total. The van der Waals surface area contributed by atoms with E-state index in [1.807, 2.05) is 18.2 Å². The molecule has 2 amide bonds. The number of halogens is 2. The molecule has 0 spiro atoms. The number of ketones is 1. The summed E-state index contributed by atoms with van der Waals surface area (Å²) in [7, 11) is 0. The summed E-state index contributed by atoms with van der Waals surface area (Å²) in [6.07, 6.45) is 3.09. The van der Waals surface area contributed by atoms with Gasteiger partial charge >= 0.3 is 0 Å². The van der Waals surface area contributed by atoms with E-state index >= 15 is 0 Å². The predicted octanol–water partition coefficient (Wildman–Crippen LogP) is 3.12. The molecule has 2 aliphatic rings. The first-order valence-corrected chi connectivity index (χ1v) is 12.6. The summed E-state index contributed by atoms with van der Waals surface area (Å²) in [5, 5.41) is 17.3. The van der Waals surface area contributed by atoms with Crippen LogP contribution in [0.4, 0.5) is 4.39 Å². The summed E-state index contributed by atoms with van der Waals surface area (Å²) in [6, 6.07) is 9.43. The fourth-order valence-electron chi connectivity index (χ4n) is 5.39. The van der Waals surface area contributed by atoms with Gasteiger partial charge in [0, 0.05) is 46.4 Å². The van der Waals surface area contributed by atoms with Crippen LogP contribution in [0.25, 0.3) is 22.3 Å². The maximum atomic E-state index is 14.3. The van der Waals surface area contributed by atoms with E-state index in [2.05, 4.69) is 25.9 Å². The van der Waals surface area contributed by atoms with Gasteiger partial charge in [-0.05, 0) is 48.2 Å². The van der Waals surface area contributed by atoms with Crippen LogP contribution in [0.15, 0.2) is 42.6 Å². The van der Waals surface area contributed by atoms with Gasteiger partial charge in [0.2, 0.25) is 11.8 Å². The number of tetrazole rings is 1. The third kappa shape index (κ3) is 4.22. The van der Waals surface area contributed by atoms with Crippen molar-refractivity contribution >= 4 is 40.1 Å². The predicted molar refractivity (Wildman–Crippen MR) is 136 cm³/mol. The monoisotopic (exact) mass is 535 g/mol. The number of amides is 2. The minimum absolute atomic E-state index is 0.00564. The Kier molecular flexibility index (Phi) is 5.94. The van der Waals surface area contributed by atoms with Gasteiger partial charge in [-0.3, -0.25) is 14.4 Å². The summed E-state index contributed by atoms with van der Waals surface area (Å²) in [4.78, 5) is 40.7. The lowest BCUT2D eigenvalue weighted by molar-refractivity contribution is -0.140. The van der Waals surface area contributed by atoms with E-state index in [0.29, 0.717) is 34.3 Å². The van der Waals surface area contributed by atoms with Crippen molar-refractivity contribution in [3.05, 3.63) is 64.6 Å². The molecule has 3 heterocycles. The first-order valence-electron chi connectivity index (χ1n) is 12.2. The van der Waals surface area contributed by atoms with Crippen molar-refractivity contribution in [1.82, 2.24) is 35.4 Å². The number of rotatable bonds is 7. The molecule has 0 radical (unpaired) electrons. The van der Waals surface area contributed by atoms with Gasteiger partial charge in [0.25, 0.3) is 0 Å². The number of benzene rings is 2. The number of aromatic amines is 1. The molecular formula is C26H23ClFN7O3. The highest BCUT2D eigenvalue weighted by atomic mass is 35.5. The number of hydrogen-bond donors (Lipinski definition) is 2. The molecule has 0 bridgehead atoms. The largest absolute Gasteiger partial charge is 0.350 e. The van der Waals surface area contributed by atoms with Gasteiger partial charge in [0.1, 0.15) is 18.4 Å². The van der Waals surface area contributed by atoms with Crippen molar-refractivity contribution in [2.75, 3.05) is 0 Å². The number of nitrogens with one attached hydrogen (secondary N) is 2. The molecule has 4 aromatic rings. The standard InChI is InChI=1S/C26H23ClFN7O3/c1-13(36)18-11-34(21-7-14(5-6-17(18)21)25-30-32-33-31-25)12-23(37)35-20-8-16(20)9-22(35)26(38)29-10-15-3-2-4-19(27)24(15)28/h2-7,11,16,20,22H,8-10,12H2,1H3,(H,29,38)(H,30,31,32,33)/t16-,20-,22+/m1/s1. The SMILES string of the molecule is CC(=O)c1cn(CC(=O)N2[C@@H]3C[C@@H]3C[C@H]2C(=O)NCc2cccc(Cl)c2F)c2cc(-c3nnn[nH]3)ccc12. The minimum atomic E-state index is -0.640. The van der Waals surface area contributed by atoms with Crippen LogP contribution >= 0.6 is 11.6 Å². The Balaban J connectivity index is 1.24. The highest BCUT2D eigenvalue weighted by Crippen LogP contribution is 2.48.